The Balaban J connectivity index is 0.808. The summed E-state index contributed by atoms with van der Waals surface area (Å²) in [7, 11) is 0. The number of aromatic hydroxyl groups is 3. The number of nitrogens with one attached hydrogen (secondary N) is 2. The molecule has 9 aromatic rings. The molecule has 460 valence electrons. The molecule has 0 saturated heterocycles. The molecule has 6 aromatic carbocycles. The summed E-state index contributed by atoms with van der Waals surface area (Å²) in [6.45, 7) is 16.0. The van der Waals surface area contributed by atoms with Crippen LogP contribution in [0.1, 0.15) is 115 Å². The summed E-state index contributed by atoms with van der Waals surface area (Å²) < 4.78 is 16.5. The number of esters is 3. The van der Waals surface area contributed by atoms with E-state index in [1.165, 1.54) is 14.4 Å². The average molecular weight is 1200 g/mol. The molecule has 88 heavy (non-hydrogen) atoms. The Hall–Kier alpha value is -9.93. The van der Waals surface area contributed by atoms with E-state index in [0.29, 0.717) is 72.4 Å². The second-order valence-corrected chi connectivity index (χ2v) is 24.5. The molecule has 0 aliphatic carbocycles. The number of nitrogens with zero attached hydrogens (tertiary/aromatic N) is 10. The first-order valence-electron chi connectivity index (χ1n) is 29.2. The highest BCUT2D eigenvalue weighted by molar-refractivity contribution is 5.93. The smallest absolute Gasteiger partial charge is 0.325 e. The molecule has 0 atom stereocenters. The van der Waals surface area contributed by atoms with E-state index in [9.17, 15) is 39.3 Å². The summed E-state index contributed by atoms with van der Waals surface area (Å²) >= 11 is 0. The number of aryl methyl sites for hydroxylation is 3. The van der Waals surface area contributed by atoms with Crippen molar-refractivity contribution < 1.29 is 53.5 Å². The SMILES string of the molecule is CC(C)(C)c1cc(CCC(=O)OCCNC(=O)N(CCOC(=O)CCc2cc(-n3nc4ccccc4n3)c(O)c(C(C)(C)C)c2)C(=O)NCCOC(=O)CCc2cc(-n3nc4ccccc4n3)c(O)c(C(C)(C)C)c2)cc(-n2nc3ccccc3n2)c1O. The molecule has 0 fully saturated rings. The minimum Gasteiger partial charge on any atom is -0.505 e. The van der Waals surface area contributed by atoms with E-state index in [2.05, 4.69) is 41.2 Å². The second-order valence-electron chi connectivity index (χ2n) is 24.5. The molecule has 9 rings (SSSR count). The monoisotopic (exact) mass is 1200 g/mol. The predicted octanol–water partition coefficient (Wildman–Crippen LogP) is 9.45. The number of phenolic OH excluding ortho intramolecular Hbond substituents is 3. The van der Waals surface area contributed by atoms with E-state index in [1.807, 2.05) is 153 Å². The molecular weight excluding hydrogens is 1120 g/mol. The molecule has 0 aliphatic rings. The number of aromatic nitrogens is 9. The van der Waals surface area contributed by atoms with Crippen LogP contribution in [0.25, 0.3) is 50.2 Å². The first-order chi connectivity index (χ1) is 41.8. The van der Waals surface area contributed by atoms with Gasteiger partial charge in [0.15, 0.2) is 0 Å². The summed E-state index contributed by atoms with van der Waals surface area (Å²) in [5.41, 5.74) is 7.60. The maximum Gasteiger partial charge on any atom is 0.325 e. The number of urea groups is 2. The zero-order chi connectivity index (χ0) is 63.1. The van der Waals surface area contributed by atoms with E-state index >= 15 is 0 Å². The molecule has 0 unspecified atom stereocenters. The van der Waals surface area contributed by atoms with Crippen molar-refractivity contribution in [1.29, 1.82) is 0 Å². The van der Waals surface area contributed by atoms with Crippen LogP contribution < -0.4 is 10.6 Å². The summed E-state index contributed by atoms with van der Waals surface area (Å²) in [5.74, 6) is -1.69. The lowest BCUT2D eigenvalue weighted by atomic mass is 9.84. The van der Waals surface area contributed by atoms with Gasteiger partial charge in [-0.25, -0.2) is 14.5 Å². The molecule has 3 heterocycles. The van der Waals surface area contributed by atoms with Gasteiger partial charge in [0.25, 0.3) is 0 Å². The number of hydrogen-bond donors (Lipinski definition) is 5. The number of amides is 4. The molecule has 0 bridgehead atoms. The van der Waals surface area contributed by atoms with Gasteiger partial charge in [-0.1, -0.05) is 117 Å². The molecule has 0 saturated carbocycles. The van der Waals surface area contributed by atoms with Crippen LogP contribution in [-0.2, 0) is 64.1 Å². The lowest BCUT2D eigenvalue weighted by Crippen LogP contribution is -2.51. The van der Waals surface area contributed by atoms with Crippen molar-refractivity contribution >= 4 is 63.1 Å². The number of carbonyl (C=O) groups excluding carboxylic acids is 5. The van der Waals surface area contributed by atoms with Crippen LogP contribution in [0.3, 0.4) is 0 Å². The molecule has 0 spiro atoms. The highest BCUT2D eigenvalue weighted by atomic mass is 16.5. The highest BCUT2D eigenvalue weighted by Crippen LogP contribution is 2.39. The predicted molar refractivity (Wildman–Crippen MR) is 329 cm³/mol. The molecule has 23 heteroatoms. The van der Waals surface area contributed by atoms with Crippen molar-refractivity contribution in [3.05, 3.63) is 143 Å². The first-order valence-corrected chi connectivity index (χ1v) is 29.2. The zero-order valence-electron chi connectivity index (χ0n) is 51.0. The zero-order valence-corrected chi connectivity index (χ0v) is 51.0. The van der Waals surface area contributed by atoms with E-state index in [0.717, 1.165) is 16.0 Å². The van der Waals surface area contributed by atoms with Gasteiger partial charge < -0.3 is 40.2 Å². The molecule has 3 aromatic heterocycles. The van der Waals surface area contributed by atoms with Gasteiger partial charge in [0.1, 0.15) is 87.2 Å². The lowest BCUT2D eigenvalue weighted by molar-refractivity contribution is -0.144. The number of benzene rings is 6. The average Bonchev–Trinajstić information content (AvgIpc) is 1.72. The number of imide groups is 1. The Morgan fingerprint density at radius 2 is 0.682 bits per heavy atom. The largest absolute Gasteiger partial charge is 0.505 e. The van der Waals surface area contributed by atoms with Crippen LogP contribution in [0, 0.1) is 0 Å². The van der Waals surface area contributed by atoms with Gasteiger partial charge in [-0.2, -0.15) is 0 Å². The van der Waals surface area contributed by atoms with Crippen LogP contribution in [0.5, 0.6) is 17.2 Å². The van der Waals surface area contributed by atoms with Gasteiger partial charge in [0.2, 0.25) is 0 Å². The van der Waals surface area contributed by atoms with Crippen molar-refractivity contribution in [3.8, 4) is 34.3 Å². The molecular formula is C65H74N12O11. The van der Waals surface area contributed by atoms with Crippen LogP contribution >= 0.6 is 0 Å². The minimum atomic E-state index is -0.889. The lowest BCUT2D eigenvalue weighted by Gasteiger charge is -2.23. The number of rotatable bonds is 21. The third-order valence-corrected chi connectivity index (χ3v) is 14.6. The van der Waals surface area contributed by atoms with Gasteiger partial charge in [-0.3, -0.25) is 14.4 Å². The van der Waals surface area contributed by atoms with Crippen LogP contribution in [0.4, 0.5) is 9.59 Å². The van der Waals surface area contributed by atoms with Crippen molar-refractivity contribution in [2.24, 2.45) is 0 Å². The number of fused-ring (bicyclic) bond motifs is 3. The summed E-state index contributed by atoms with van der Waals surface area (Å²) in [4.78, 5) is 72.0. The van der Waals surface area contributed by atoms with Crippen molar-refractivity contribution in [3.63, 3.8) is 0 Å². The molecule has 23 nitrogen and oxygen atoms in total. The summed E-state index contributed by atoms with van der Waals surface area (Å²) in [5, 5.41) is 66.7. The van der Waals surface area contributed by atoms with Gasteiger partial charge in [-0.05, 0) is 107 Å². The molecule has 4 amide bonds. The second kappa shape index (κ2) is 26.4. The maximum atomic E-state index is 13.7. The summed E-state index contributed by atoms with van der Waals surface area (Å²) in [6, 6.07) is 30.9. The molecule has 0 aliphatic heterocycles. The standard InChI is InChI=1S/C65H74N12O11/c1-63(2,3)43-34-40(37-52(58(43)81)75-68-46-16-10-11-17-47(46)69-75)22-25-55(78)86-31-28-66-61(84)74(30-33-88-57(80)27-24-42-36-45(65(7,8)9)60(83)54(39-42)77-72-50-20-14-15-21-51(50)73-77)62(85)67-29-32-87-56(79)26-23-41-35-44(64(4,5)6)59(82)53(38-41)76-70-48-18-12-13-19-49(48)71-76/h10-21,34-39,81-83H,22-33H2,1-9H3,(H,66,84)(H,67,85). The fraction of sp³-hybridized carbons (Fsp3) is 0.369. The van der Waals surface area contributed by atoms with E-state index in [4.69, 9.17) is 14.2 Å². The third kappa shape index (κ3) is 15.2. The number of phenols is 3. The number of hydrogen-bond acceptors (Lipinski definition) is 17. The fourth-order valence-electron chi connectivity index (χ4n) is 9.88. The highest BCUT2D eigenvalue weighted by Gasteiger charge is 2.28. The topological polar surface area (TPSA) is 293 Å². The van der Waals surface area contributed by atoms with Gasteiger partial charge in [0.05, 0.1) is 19.6 Å². The van der Waals surface area contributed by atoms with Crippen molar-refractivity contribution in [2.45, 2.75) is 117 Å². The quantitative estimate of drug-likeness (QED) is 0.0254. The van der Waals surface area contributed by atoms with Gasteiger partial charge in [0, 0.05) is 36.0 Å². The minimum absolute atomic E-state index is 0.00814. The molecule has 0 radical (unpaired) electrons. The van der Waals surface area contributed by atoms with E-state index in [1.54, 1.807) is 18.2 Å². The number of ether oxygens (including phenoxy) is 3. The van der Waals surface area contributed by atoms with Crippen LogP contribution in [0.2, 0.25) is 0 Å². The summed E-state index contributed by atoms with van der Waals surface area (Å²) in [6.07, 6.45) is 0.537. The first kappa shape index (κ1) is 62.6. The third-order valence-electron chi connectivity index (χ3n) is 14.6. The Kier molecular flexibility index (Phi) is 18.8. The van der Waals surface area contributed by atoms with Crippen LogP contribution in [-0.4, -0.2) is 135 Å². The van der Waals surface area contributed by atoms with Crippen molar-refractivity contribution in [1.82, 2.24) is 60.5 Å². The maximum absolute atomic E-state index is 13.7. The Labute approximate surface area is 508 Å². The fourth-order valence-corrected chi connectivity index (χ4v) is 9.88. The van der Waals surface area contributed by atoms with Gasteiger partial charge in [-0.15, -0.1) is 45.0 Å². The van der Waals surface area contributed by atoms with Gasteiger partial charge >= 0.3 is 30.0 Å². The van der Waals surface area contributed by atoms with E-state index < -0.39 is 46.2 Å². The Morgan fingerprint density at radius 1 is 0.420 bits per heavy atom. The Morgan fingerprint density at radius 3 is 0.943 bits per heavy atom. The number of carbonyl (C=O) groups is 5. The Bertz CT molecular complexity index is 3780. The van der Waals surface area contributed by atoms with Crippen molar-refractivity contribution in [2.75, 3.05) is 39.5 Å². The van der Waals surface area contributed by atoms with E-state index in [-0.39, 0.29) is 95.2 Å². The van der Waals surface area contributed by atoms with Crippen LogP contribution in [0.15, 0.2) is 109 Å². The molecule has 5 N–H and O–H groups in total. The normalized spacial score (nSPS) is 11.9.